The van der Waals surface area contributed by atoms with E-state index in [2.05, 4.69) is 11.4 Å². The molecule has 0 radical (unpaired) electrons. The van der Waals surface area contributed by atoms with Gasteiger partial charge in [-0.3, -0.25) is 0 Å². The molecule has 1 aliphatic rings. The lowest BCUT2D eigenvalue weighted by molar-refractivity contribution is 0.172. The van der Waals surface area contributed by atoms with Crippen molar-refractivity contribution in [2.75, 3.05) is 39.3 Å². The third-order valence-corrected chi connectivity index (χ3v) is 6.98. The van der Waals surface area contributed by atoms with Gasteiger partial charge in [0.1, 0.15) is 5.75 Å². The number of amides is 2. The molecule has 0 aromatic heterocycles. The number of nitrogens with zero attached hydrogens (tertiary/aromatic N) is 2. The number of hydrogen-bond donors (Lipinski definition) is 1. The zero-order chi connectivity index (χ0) is 21.6. The maximum Gasteiger partial charge on any atom is 0.317 e. The van der Waals surface area contributed by atoms with E-state index in [9.17, 15) is 13.2 Å². The maximum atomic E-state index is 12.9. The van der Waals surface area contributed by atoms with Crippen molar-refractivity contribution in [1.29, 1.82) is 0 Å². The fraction of sp³-hybridized carbons (Fsp3) is 0.409. The Balaban J connectivity index is 1.49. The van der Waals surface area contributed by atoms with Crippen LogP contribution in [-0.4, -0.2) is 63.0 Å². The van der Waals surface area contributed by atoms with Crippen molar-refractivity contribution in [3.05, 3.63) is 59.7 Å². The molecule has 2 amide bonds. The third kappa shape index (κ3) is 5.52. The lowest BCUT2D eigenvalue weighted by Crippen LogP contribution is -2.53. The van der Waals surface area contributed by atoms with Crippen LogP contribution in [0.3, 0.4) is 0 Å². The minimum Gasteiger partial charge on any atom is -0.494 e. The van der Waals surface area contributed by atoms with E-state index < -0.39 is 10.0 Å². The van der Waals surface area contributed by atoms with Gasteiger partial charge in [-0.05, 0) is 50.1 Å². The van der Waals surface area contributed by atoms with Crippen LogP contribution in [0.25, 0.3) is 0 Å². The number of urea groups is 1. The minimum atomic E-state index is -3.58. The average molecular weight is 432 g/mol. The largest absolute Gasteiger partial charge is 0.494 e. The van der Waals surface area contributed by atoms with Crippen molar-refractivity contribution in [2.45, 2.75) is 25.2 Å². The van der Waals surface area contributed by atoms with Crippen LogP contribution in [0.15, 0.2) is 53.4 Å². The normalized spacial score (nSPS) is 15.1. The smallest absolute Gasteiger partial charge is 0.317 e. The van der Waals surface area contributed by atoms with Gasteiger partial charge in [-0.2, -0.15) is 4.31 Å². The summed E-state index contributed by atoms with van der Waals surface area (Å²) < 4.78 is 32.5. The van der Waals surface area contributed by atoms with Crippen LogP contribution < -0.4 is 10.1 Å². The number of carbonyl (C=O) groups is 1. The molecule has 162 valence electrons. The topological polar surface area (TPSA) is 79.0 Å². The SMILES string of the molecule is CCOc1ccc(S(=O)(=O)N2CCN(C(=O)NCCc3cccc(C)c3)CC2)cc1. The molecule has 0 spiro atoms. The summed E-state index contributed by atoms with van der Waals surface area (Å²) >= 11 is 0. The lowest BCUT2D eigenvalue weighted by atomic mass is 10.1. The molecule has 0 saturated carbocycles. The van der Waals surface area contributed by atoms with Crippen molar-refractivity contribution in [1.82, 2.24) is 14.5 Å². The van der Waals surface area contributed by atoms with Crippen LogP contribution in [0.1, 0.15) is 18.1 Å². The van der Waals surface area contributed by atoms with E-state index in [0.29, 0.717) is 32.0 Å². The number of hydrogen-bond acceptors (Lipinski definition) is 4. The summed E-state index contributed by atoms with van der Waals surface area (Å²) in [4.78, 5) is 14.3. The Kier molecular flexibility index (Phi) is 7.33. The highest BCUT2D eigenvalue weighted by Crippen LogP contribution is 2.21. The Bertz CT molecular complexity index is 953. The van der Waals surface area contributed by atoms with Gasteiger partial charge in [0.15, 0.2) is 0 Å². The predicted molar refractivity (Wildman–Crippen MR) is 116 cm³/mol. The van der Waals surface area contributed by atoms with Gasteiger partial charge >= 0.3 is 6.03 Å². The van der Waals surface area contributed by atoms with Gasteiger partial charge in [0, 0.05) is 32.7 Å². The van der Waals surface area contributed by atoms with Crippen LogP contribution in [-0.2, 0) is 16.4 Å². The Hall–Kier alpha value is -2.58. The first-order chi connectivity index (χ1) is 14.4. The highest BCUT2D eigenvalue weighted by molar-refractivity contribution is 7.89. The summed E-state index contributed by atoms with van der Waals surface area (Å²) in [6.45, 7) is 6.29. The van der Waals surface area contributed by atoms with Gasteiger partial charge in [-0.15, -0.1) is 0 Å². The quantitative estimate of drug-likeness (QED) is 0.731. The van der Waals surface area contributed by atoms with Crippen molar-refractivity contribution in [3.8, 4) is 5.75 Å². The second kappa shape index (κ2) is 9.95. The van der Waals surface area contributed by atoms with Gasteiger partial charge in [0.2, 0.25) is 10.0 Å². The number of rotatable bonds is 7. The zero-order valence-corrected chi connectivity index (χ0v) is 18.3. The molecule has 1 saturated heterocycles. The van der Waals surface area contributed by atoms with E-state index in [1.54, 1.807) is 29.2 Å². The van der Waals surface area contributed by atoms with Crippen molar-refractivity contribution < 1.29 is 17.9 Å². The number of sulfonamides is 1. The van der Waals surface area contributed by atoms with Gasteiger partial charge in [0.25, 0.3) is 0 Å². The highest BCUT2D eigenvalue weighted by atomic mass is 32.2. The van der Waals surface area contributed by atoms with Crippen LogP contribution in [0.4, 0.5) is 4.79 Å². The van der Waals surface area contributed by atoms with Crippen molar-refractivity contribution in [3.63, 3.8) is 0 Å². The number of carbonyl (C=O) groups excluding carboxylic acids is 1. The average Bonchev–Trinajstić information content (AvgIpc) is 2.74. The third-order valence-electron chi connectivity index (χ3n) is 5.07. The Labute approximate surface area is 178 Å². The molecule has 3 rings (SSSR count). The highest BCUT2D eigenvalue weighted by Gasteiger charge is 2.30. The monoisotopic (exact) mass is 431 g/mol. The number of aryl methyl sites for hydroxylation is 1. The first-order valence-corrected chi connectivity index (χ1v) is 11.7. The summed E-state index contributed by atoms with van der Waals surface area (Å²) in [7, 11) is -3.58. The van der Waals surface area contributed by atoms with E-state index in [1.807, 2.05) is 32.0 Å². The van der Waals surface area contributed by atoms with E-state index in [0.717, 1.165) is 6.42 Å². The van der Waals surface area contributed by atoms with Gasteiger partial charge in [-0.1, -0.05) is 29.8 Å². The van der Waals surface area contributed by atoms with Crippen molar-refractivity contribution in [2.24, 2.45) is 0 Å². The molecular weight excluding hydrogens is 402 g/mol. The van der Waals surface area contributed by atoms with Crippen LogP contribution in [0.5, 0.6) is 5.75 Å². The van der Waals surface area contributed by atoms with Gasteiger partial charge < -0.3 is 15.0 Å². The molecule has 7 nitrogen and oxygen atoms in total. The molecule has 0 unspecified atom stereocenters. The second-order valence-corrected chi connectivity index (χ2v) is 9.20. The van der Waals surface area contributed by atoms with Crippen molar-refractivity contribution >= 4 is 16.1 Å². The summed E-state index contributed by atoms with van der Waals surface area (Å²) in [5.41, 5.74) is 2.38. The predicted octanol–water partition coefficient (Wildman–Crippen LogP) is 2.65. The van der Waals surface area contributed by atoms with E-state index in [-0.39, 0.29) is 24.0 Å². The number of benzene rings is 2. The van der Waals surface area contributed by atoms with E-state index >= 15 is 0 Å². The van der Waals surface area contributed by atoms with E-state index in [1.165, 1.54) is 15.4 Å². The Morgan fingerprint density at radius 3 is 2.40 bits per heavy atom. The molecule has 0 atom stereocenters. The molecule has 1 N–H and O–H groups in total. The first-order valence-electron chi connectivity index (χ1n) is 10.2. The summed E-state index contributed by atoms with van der Waals surface area (Å²) in [5.74, 6) is 0.642. The summed E-state index contributed by atoms with van der Waals surface area (Å²) in [5, 5.41) is 2.93. The Morgan fingerprint density at radius 1 is 1.07 bits per heavy atom. The summed E-state index contributed by atoms with van der Waals surface area (Å²) in [6, 6.07) is 14.5. The van der Waals surface area contributed by atoms with Gasteiger partial charge in [0.05, 0.1) is 11.5 Å². The molecule has 0 bridgehead atoms. The van der Waals surface area contributed by atoms with Crippen LogP contribution in [0.2, 0.25) is 0 Å². The van der Waals surface area contributed by atoms with Crippen LogP contribution >= 0.6 is 0 Å². The van der Waals surface area contributed by atoms with Crippen LogP contribution in [0, 0.1) is 6.92 Å². The molecule has 2 aromatic carbocycles. The fourth-order valence-electron chi connectivity index (χ4n) is 3.45. The number of nitrogens with one attached hydrogen (secondary N) is 1. The number of piperazine rings is 1. The first kappa shape index (κ1) is 22.1. The molecule has 0 aliphatic carbocycles. The standard InChI is InChI=1S/C22H29N3O4S/c1-3-29-20-7-9-21(10-8-20)30(27,28)25-15-13-24(14-16-25)22(26)23-12-11-19-6-4-5-18(2)17-19/h4-10,17H,3,11-16H2,1-2H3,(H,23,26). The molecular formula is C22H29N3O4S. The second-order valence-electron chi connectivity index (χ2n) is 7.27. The summed E-state index contributed by atoms with van der Waals surface area (Å²) in [6.07, 6.45) is 0.763. The minimum absolute atomic E-state index is 0.152. The fourth-order valence-corrected chi connectivity index (χ4v) is 4.87. The lowest BCUT2D eigenvalue weighted by Gasteiger charge is -2.34. The molecule has 1 fully saturated rings. The molecule has 2 aromatic rings. The molecule has 8 heteroatoms. The zero-order valence-electron chi connectivity index (χ0n) is 17.5. The molecule has 1 aliphatic heterocycles. The Morgan fingerprint density at radius 2 is 1.77 bits per heavy atom. The molecule has 30 heavy (non-hydrogen) atoms. The molecule has 1 heterocycles. The van der Waals surface area contributed by atoms with E-state index in [4.69, 9.17) is 4.74 Å². The maximum absolute atomic E-state index is 12.9. The number of ether oxygens (including phenoxy) is 1. The van der Waals surface area contributed by atoms with Gasteiger partial charge in [-0.25, -0.2) is 13.2 Å².